The minimum atomic E-state index is -4.65. The molecule has 0 aromatic carbocycles. The Labute approximate surface area is 148 Å². The molecule has 26 heavy (non-hydrogen) atoms. The van der Waals surface area contributed by atoms with Crippen molar-refractivity contribution >= 4 is 11.7 Å². The van der Waals surface area contributed by atoms with Gasteiger partial charge in [-0.1, -0.05) is 0 Å². The van der Waals surface area contributed by atoms with Gasteiger partial charge in [0.1, 0.15) is 0 Å². The number of morpholine rings is 1. The highest BCUT2D eigenvalue weighted by molar-refractivity contribution is 5.79. The van der Waals surface area contributed by atoms with Crippen LogP contribution in [0.25, 0.3) is 5.78 Å². The number of amides is 1. The van der Waals surface area contributed by atoms with Crippen LogP contribution in [0.4, 0.5) is 13.2 Å². The summed E-state index contributed by atoms with van der Waals surface area (Å²) in [6.07, 6.45) is -4.73. The molecule has 0 bridgehead atoms. The molecule has 2 aromatic heterocycles. The highest BCUT2D eigenvalue weighted by Gasteiger charge is 2.37. The van der Waals surface area contributed by atoms with Crippen LogP contribution in [-0.2, 0) is 22.1 Å². The Morgan fingerprint density at radius 3 is 2.38 bits per heavy atom. The molecule has 0 radical (unpaired) electrons. The molecule has 0 saturated carbocycles. The van der Waals surface area contributed by atoms with Crippen LogP contribution in [-0.4, -0.2) is 55.7 Å². The summed E-state index contributed by atoms with van der Waals surface area (Å²) in [5.41, 5.74) is 1.46. The van der Waals surface area contributed by atoms with Gasteiger partial charge in [0, 0.05) is 30.0 Å². The van der Waals surface area contributed by atoms with E-state index in [9.17, 15) is 18.0 Å². The average Bonchev–Trinajstić information content (AvgIpc) is 2.94. The molecule has 0 spiro atoms. The smallest absolute Gasteiger partial charge is 0.372 e. The van der Waals surface area contributed by atoms with Crippen molar-refractivity contribution in [3.8, 4) is 0 Å². The van der Waals surface area contributed by atoms with E-state index in [1.54, 1.807) is 18.7 Å². The summed E-state index contributed by atoms with van der Waals surface area (Å²) in [7, 11) is 0. The number of hydrogen-bond donors (Lipinski definition) is 0. The molecule has 3 heterocycles. The van der Waals surface area contributed by atoms with E-state index in [0.29, 0.717) is 30.0 Å². The number of fused-ring (bicyclic) bond motifs is 1. The van der Waals surface area contributed by atoms with E-state index in [1.807, 2.05) is 13.8 Å². The van der Waals surface area contributed by atoms with Gasteiger partial charge in [-0.2, -0.15) is 18.2 Å². The SMILES string of the molecule is Cc1nc2nc(C(F)(F)F)nn2c(C)c1CC(=O)N1C[C@@H](C)O[C@@H](C)C1. The Balaban J connectivity index is 1.91. The van der Waals surface area contributed by atoms with Gasteiger partial charge in [0.25, 0.3) is 11.6 Å². The molecule has 3 rings (SSSR count). The fourth-order valence-corrected chi connectivity index (χ4v) is 3.23. The van der Waals surface area contributed by atoms with E-state index < -0.39 is 12.0 Å². The Morgan fingerprint density at radius 2 is 1.81 bits per heavy atom. The number of aromatic nitrogens is 4. The maximum atomic E-state index is 12.8. The number of rotatable bonds is 2. The summed E-state index contributed by atoms with van der Waals surface area (Å²) < 4.78 is 45.2. The number of halogens is 3. The third kappa shape index (κ3) is 3.50. The number of hydrogen-bond acceptors (Lipinski definition) is 5. The minimum Gasteiger partial charge on any atom is -0.372 e. The van der Waals surface area contributed by atoms with E-state index in [1.165, 1.54) is 0 Å². The van der Waals surface area contributed by atoms with Crippen LogP contribution < -0.4 is 0 Å². The standard InChI is InChI=1S/C16H20F3N5O2/c1-8-6-23(7-9(2)26-8)13(25)5-12-10(3)20-15-21-14(16(17,18)19)22-24(15)11(12)4/h8-9H,5-7H2,1-4H3/t8-,9+. The zero-order chi connectivity index (χ0) is 19.2. The number of carbonyl (C=O) groups is 1. The van der Waals surface area contributed by atoms with Crippen LogP contribution in [0, 0.1) is 13.8 Å². The quantitative estimate of drug-likeness (QED) is 0.807. The van der Waals surface area contributed by atoms with Gasteiger partial charge >= 0.3 is 6.18 Å². The van der Waals surface area contributed by atoms with Gasteiger partial charge in [-0.3, -0.25) is 4.79 Å². The Bertz CT molecular complexity index is 839. The fourth-order valence-electron chi connectivity index (χ4n) is 3.23. The second kappa shape index (κ2) is 6.49. The first kappa shape index (κ1) is 18.6. The molecule has 2 aromatic rings. The monoisotopic (exact) mass is 371 g/mol. The third-order valence-corrected chi connectivity index (χ3v) is 4.40. The second-order valence-electron chi connectivity index (χ2n) is 6.64. The minimum absolute atomic E-state index is 0.0429. The predicted molar refractivity (Wildman–Crippen MR) is 85.6 cm³/mol. The van der Waals surface area contributed by atoms with Gasteiger partial charge < -0.3 is 9.64 Å². The molecule has 1 fully saturated rings. The number of aryl methyl sites for hydroxylation is 2. The van der Waals surface area contributed by atoms with Crippen molar-refractivity contribution in [2.24, 2.45) is 0 Å². The van der Waals surface area contributed by atoms with Gasteiger partial charge in [-0.25, -0.2) is 9.50 Å². The summed E-state index contributed by atoms with van der Waals surface area (Å²) >= 11 is 0. The number of ether oxygens (including phenoxy) is 1. The first-order valence-electron chi connectivity index (χ1n) is 8.29. The lowest BCUT2D eigenvalue weighted by Crippen LogP contribution is -2.48. The van der Waals surface area contributed by atoms with Crippen LogP contribution in [0.2, 0.25) is 0 Å². The van der Waals surface area contributed by atoms with Crippen LogP contribution in [0.1, 0.15) is 36.6 Å². The van der Waals surface area contributed by atoms with E-state index in [0.717, 1.165) is 4.52 Å². The zero-order valence-corrected chi connectivity index (χ0v) is 15.0. The van der Waals surface area contributed by atoms with Crippen LogP contribution in [0.3, 0.4) is 0 Å². The van der Waals surface area contributed by atoms with Crippen molar-refractivity contribution in [2.45, 2.75) is 52.5 Å². The van der Waals surface area contributed by atoms with Crippen LogP contribution in [0.5, 0.6) is 0 Å². The molecule has 7 nitrogen and oxygen atoms in total. The van der Waals surface area contributed by atoms with Crippen LogP contribution >= 0.6 is 0 Å². The summed E-state index contributed by atoms with van der Waals surface area (Å²) in [5, 5.41) is 3.50. The lowest BCUT2D eigenvalue weighted by atomic mass is 10.1. The number of alkyl halides is 3. The number of carbonyl (C=O) groups excluding carboxylic acids is 1. The molecule has 2 atom stereocenters. The highest BCUT2D eigenvalue weighted by atomic mass is 19.4. The average molecular weight is 371 g/mol. The molecular weight excluding hydrogens is 351 g/mol. The lowest BCUT2D eigenvalue weighted by molar-refractivity contribution is -0.144. The molecule has 1 aliphatic heterocycles. The van der Waals surface area contributed by atoms with Crippen molar-refractivity contribution in [1.29, 1.82) is 0 Å². The normalized spacial score (nSPS) is 21.4. The molecule has 1 saturated heterocycles. The van der Waals surface area contributed by atoms with Crippen molar-refractivity contribution < 1.29 is 22.7 Å². The Hall–Kier alpha value is -2.23. The summed E-state index contributed by atoms with van der Waals surface area (Å²) in [6, 6.07) is 0. The molecular formula is C16H20F3N5O2. The molecule has 0 aliphatic carbocycles. The third-order valence-electron chi connectivity index (χ3n) is 4.40. The van der Waals surface area contributed by atoms with Gasteiger partial charge in [-0.05, 0) is 27.7 Å². The van der Waals surface area contributed by atoms with E-state index in [4.69, 9.17) is 4.74 Å². The summed E-state index contributed by atoms with van der Waals surface area (Å²) in [4.78, 5) is 21.9. The fraction of sp³-hybridized carbons (Fsp3) is 0.625. The summed E-state index contributed by atoms with van der Waals surface area (Å²) in [5.74, 6) is -1.49. The van der Waals surface area contributed by atoms with E-state index >= 15 is 0 Å². The molecule has 10 heteroatoms. The van der Waals surface area contributed by atoms with Gasteiger partial charge in [0.2, 0.25) is 5.91 Å². The Morgan fingerprint density at radius 1 is 1.19 bits per heavy atom. The first-order valence-corrected chi connectivity index (χ1v) is 8.29. The topological polar surface area (TPSA) is 72.6 Å². The predicted octanol–water partition coefficient (Wildman–Crippen LogP) is 1.94. The maximum absolute atomic E-state index is 12.8. The zero-order valence-electron chi connectivity index (χ0n) is 15.0. The largest absolute Gasteiger partial charge is 0.453 e. The van der Waals surface area contributed by atoms with E-state index in [-0.39, 0.29) is 30.3 Å². The van der Waals surface area contributed by atoms with Crippen molar-refractivity contribution in [3.63, 3.8) is 0 Å². The molecule has 142 valence electrons. The second-order valence-corrected chi connectivity index (χ2v) is 6.64. The van der Waals surface area contributed by atoms with Crippen LogP contribution in [0.15, 0.2) is 0 Å². The molecule has 1 aliphatic rings. The van der Waals surface area contributed by atoms with Crippen molar-refractivity contribution in [1.82, 2.24) is 24.5 Å². The highest BCUT2D eigenvalue weighted by Crippen LogP contribution is 2.27. The molecule has 1 amide bonds. The van der Waals surface area contributed by atoms with Gasteiger partial charge in [0.15, 0.2) is 0 Å². The van der Waals surface area contributed by atoms with Crippen molar-refractivity contribution in [3.05, 3.63) is 22.8 Å². The van der Waals surface area contributed by atoms with Crippen molar-refractivity contribution in [2.75, 3.05) is 13.1 Å². The number of nitrogens with zero attached hydrogens (tertiary/aromatic N) is 5. The maximum Gasteiger partial charge on any atom is 0.453 e. The molecule has 0 unspecified atom stereocenters. The Kier molecular flexibility index (Phi) is 4.63. The molecule has 0 N–H and O–H groups in total. The summed E-state index contributed by atoms with van der Waals surface area (Å²) in [6.45, 7) is 8.03. The lowest BCUT2D eigenvalue weighted by Gasteiger charge is -2.35. The van der Waals surface area contributed by atoms with Gasteiger partial charge in [-0.15, -0.1) is 5.10 Å². The van der Waals surface area contributed by atoms with E-state index in [2.05, 4.69) is 15.1 Å². The van der Waals surface area contributed by atoms with Gasteiger partial charge in [0.05, 0.1) is 18.6 Å². The first-order chi connectivity index (χ1) is 12.1.